The van der Waals surface area contributed by atoms with Crippen LogP contribution in [0.3, 0.4) is 0 Å². The third-order valence-electron chi connectivity index (χ3n) is 4.19. The third-order valence-corrected chi connectivity index (χ3v) is 4.19. The summed E-state index contributed by atoms with van der Waals surface area (Å²) in [7, 11) is 4.15. The fourth-order valence-electron chi connectivity index (χ4n) is 2.53. The lowest BCUT2D eigenvalue weighted by molar-refractivity contribution is 0.187. The Hall–Kier alpha value is -1.32. The molecule has 1 aromatic heterocycles. The van der Waals surface area contributed by atoms with Gasteiger partial charge in [-0.25, -0.2) is 0 Å². The van der Waals surface area contributed by atoms with E-state index in [1.807, 2.05) is 19.2 Å². The van der Waals surface area contributed by atoms with Crippen molar-refractivity contribution in [2.24, 2.45) is 5.92 Å². The largest absolute Gasteiger partial charge is 0.459 e. The van der Waals surface area contributed by atoms with Crippen molar-refractivity contribution in [3.05, 3.63) is 35.6 Å². The number of hydrogen-bond donors (Lipinski definition) is 1. The highest BCUT2D eigenvalue weighted by Gasteiger charge is 2.18. The lowest BCUT2D eigenvalue weighted by Gasteiger charge is -2.27. The fourth-order valence-corrected chi connectivity index (χ4v) is 2.53. The average Bonchev–Trinajstić information content (AvgIpc) is 2.76. The van der Waals surface area contributed by atoms with Crippen LogP contribution in [0.2, 0.25) is 0 Å². The molecule has 1 heterocycles. The van der Waals surface area contributed by atoms with Gasteiger partial charge < -0.3 is 9.73 Å². The van der Waals surface area contributed by atoms with Crippen LogP contribution in [0.5, 0.6) is 0 Å². The lowest BCUT2D eigenvalue weighted by atomic mass is 10.0. The Morgan fingerprint density at radius 1 is 1.20 bits per heavy atom. The van der Waals surface area contributed by atoms with Crippen LogP contribution >= 0.6 is 0 Å². The third kappa shape index (κ3) is 3.05. The molecule has 3 nitrogen and oxygen atoms in total. The molecule has 110 valence electrons. The summed E-state index contributed by atoms with van der Waals surface area (Å²) >= 11 is 0. The first-order valence-corrected chi connectivity index (χ1v) is 7.38. The Morgan fingerprint density at radius 2 is 1.90 bits per heavy atom. The molecule has 0 aliphatic carbocycles. The summed E-state index contributed by atoms with van der Waals surface area (Å²) in [5.41, 5.74) is 2.27. The highest BCUT2D eigenvalue weighted by atomic mass is 16.3. The van der Waals surface area contributed by atoms with Crippen LogP contribution in [0, 0.1) is 5.92 Å². The zero-order chi connectivity index (χ0) is 14.7. The molecule has 0 fully saturated rings. The number of benzene rings is 1. The molecule has 0 aliphatic heterocycles. The number of hydrogen-bond acceptors (Lipinski definition) is 3. The number of nitrogens with zero attached hydrogens (tertiary/aromatic N) is 1. The van der Waals surface area contributed by atoms with E-state index in [-0.39, 0.29) is 0 Å². The summed E-state index contributed by atoms with van der Waals surface area (Å²) < 4.78 is 6.07. The van der Waals surface area contributed by atoms with E-state index >= 15 is 0 Å². The van der Waals surface area contributed by atoms with E-state index in [1.54, 1.807) is 0 Å². The van der Waals surface area contributed by atoms with E-state index < -0.39 is 0 Å². The predicted octanol–water partition coefficient (Wildman–Crippen LogP) is 3.63. The van der Waals surface area contributed by atoms with Gasteiger partial charge in [0, 0.05) is 23.5 Å². The van der Waals surface area contributed by atoms with Crippen LogP contribution < -0.4 is 5.32 Å². The van der Waals surface area contributed by atoms with Crippen molar-refractivity contribution in [2.75, 3.05) is 14.1 Å². The first kappa shape index (κ1) is 15.1. The van der Waals surface area contributed by atoms with Gasteiger partial charge in [0.25, 0.3) is 0 Å². The predicted molar refractivity (Wildman–Crippen MR) is 84.7 cm³/mol. The summed E-state index contributed by atoms with van der Waals surface area (Å²) in [6.07, 6.45) is 0. The van der Waals surface area contributed by atoms with E-state index in [1.165, 1.54) is 10.9 Å². The number of furan rings is 1. The quantitative estimate of drug-likeness (QED) is 0.872. The van der Waals surface area contributed by atoms with Crippen LogP contribution in [0.1, 0.15) is 32.1 Å². The second-order valence-corrected chi connectivity index (χ2v) is 5.93. The van der Waals surface area contributed by atoms with Gasteiger partial charge in [0.15, 0.2) is 0 Å². The van der Waals surface area contributed by atoms with Crippen molar-refractivity contribution >= 4 is 11.0 Å². The first-order valence-electron chi connectivity index (χ1n) is 7.38. The molecule has 20 heavy (non-hydrogen) atoms. The Morgan fingerprint density at radius 3 is 2.55 bits per heavy atom. The summed E-state index contributed by atoms with van der Waals surface area (Å²) in [5, 5.41) is 4.47. The van der Waals surface area contributed by atoms with Crippen molar-refractivity contribution < 1.29 is 4.42 Å². The Labute approximate surface area is 122 Å². The number of nitrogens with one attached hydrogen (secondary N) is 1. The summed E-state index contributed by atoms with van der Waals surface area (Å²) in [6, 6.07) is 8.82. The maximum Gasteiger partial charge on any atom is 0.134 e. The molecular formula is C17H26N2O. The molecule has 1 unspecified atom stereocenters. The van der Waals surface area contributed by atoms with Crippen molar-refractivity contribution in [1.82, 2.24) is 10.2 Å². The molecule has 2 rings (SSSR count). The molecule has 0 aliphatic rings. The summed E-state index contributed by atoms with van der Waals surface area (Å²) in [5.74, 6) is 1.72. The van der Waals surface area contributed by atoms with E-state index in [9.17, 15) is 0 Å². The van der Waals surface area contributed by atoms with E-state index in [4.69, 9.17) is 4.42 Å². The number of para-hydroxylation sites is 1. The molecule has 3 heteroatoms. The Kier molecular flexibility index (Phi) is 4.84. The highest BCUT2D eigenvalue weighted by molar-refractivity contribution is 5.82. The molecule has 0 saturated carbocycles. The topological polar surface area (TPSA) is 28.4 Å². The van der Waals surface area contributed by atoms with E-state index in [0.29, 0.717) is 12.0 Å². The smallest absolute Gasteiger partial charge is 0.134 e. The van der Waals surface area contributed by atoms with Crippen LogP contribution in [0.25, 0.3) is 11.0 Å². The van der Waals surface area contributed by atoms with Crippen LogP contribution in [-0.4, -0.2) is 25.0 Å². The highest BCUT2D eigenvalue weighted by Crippen LogP contribution is 2.27. The minimum atomic E-state index is 0.533. The maximum atomic E-state index is 6.07. The normalized spacial score (nSPS) is 13.6. The second kappa shape index (κ2) is 6.42. The van der Waals surface area contributed by atoms with Gasteiger partial charge in [-0.05, 0) is 33.0 Å². The van der Waals surface area contributed by atoms with Crippen molar-refractivity contribution in [3.63, 3.8) is 0 Å². The molecule has 0 radical (unpaired) electrons. The zero-order valence-electron chi connectivity index (χ0n) is 13.2. The average molecular weight is 274 g/mol. The van der Waals surface area contributed by atoms with E-state index in [2.05, 4.69) is 50.2 Å². The molecule has 0 bridgehead atoms. The van der Waals surface area contributed by atoms with Gasteiger partial charge in [-0.3, -0.25) is 4.90 Å². The van der Waals surface area contributed by atoms with Gasteiger partial charge in [0.2, 0.25) is 0 Å². The SMILES string of the molecule is CNCc1c(CN(C)C(C)C(C)C)oc2ccccc12. The number of rotatable bonds is 6. The van der Waals surface area contributed by atoms with Gasteiger partial charge in [-0.1, -0.05) is 32.0 Å². The summed E-state index contributed by atoms with van der Waals surface area (Å²) in [4.78, 5) is 2.36. The van der Waals surface area contributed by atoms with Gasteiger partial charge in [0.05, 0.1) is 6.54 Å². The van der Waals surface area contributed by atoms with Gasteiger partial charge in [0.1, 0.15) is 11.3 Å². The van der Waals surface area contributed by atoms with Gasteiger partial charge in [-0.15, -0.1) is 0 Å². The summed E-state index contributed by atoms with van der Waals surface area (Å²) in [6.45, 7) is 8.48. The molecule has 0 saturated heterocycles. The molecule has 1 aromatic carbocycles. The fraction of sp³-hybridized carbons (Fsp3) is 0.529. The van der Waals surface area contributed by atoms with E-state index in [0.717, 1.165) is 24.4 Å². The second-order valence-electron chi connectivity index (χ2n) is 5.93. The van der Waals surface area contributed by atoms with Crippen molar-refractivity contribution in [3.8, 4) is 0 Å². The molecule has 1 N–H and O–H groups in total. The van der Waals surface area contributed by atoms with Gasteiger partial charge >= 0.3 is 0 Å². The standard InChI is InChI=1S/C17H26N2O/c1-12(2)13(3)19(5)11-17-15(10-18-4)14-8-6-7-9-16(14)20-17/h6-9,12-13,18H,10-11H2,1-5H3. The minimum Gasteiger partial charge on any atom is -0.459 e. The molecule has 1 atom stereocenters. The molecule has 2 aromatic rings. The number of fused-ring (bicyclic) bond motifs is 1. The molecular weight excluding hydrogens is 248 g/mol. The lowest BCUT2D eigenvalue weighted by Crippen LogP contribution is -2.32. The minimum absolute atomic E-state index is 0.533. The molecule has 0 amide bonds. The van der Waals surface area contributed by atoms with Gasteiger partial charge in [-0.2, -0.15) is 0 Å². The van der Waals surface area contributed by atoms with Crippen LogP contribution in [0.4, 0.5) is 0 Å². The maximum absolute atomic E-state index is 6.07. The van der Waals surface area contributed by atoms with Crippen LogP contribution in [-0.2, 0) is 13.1 Å². The first-order chi connectivity index (χ1) is 9.54. The van der Waals surface area contributed by atoms with Crippen LogP contribution in [0.15, 0.2) is 28.7 Å². The molecule has 0 spiro atoms. The Bertz CT molecular complexity index is 559. The monoisotopic (exact) mass is 274 g/mol. The Balaban J connectivity index is 2.31. The van der Waals surface area contributed by atoms with Crippen molar-refractivity contribution in [1.29, 1.82) is 0 Å². The zero-order valence-corrected chi connectivity index (χ0v) is 13.2. The van der Waals surface area contributed by atoms with Crippen molar-refractivity contribution in [2.45, 2.75) is 39.9 Å².